The van der Waals surface area contributed by atoms with E-state index in [1.54, 1.807) is 0 Å². The molecule has 2 nitrogen and oxygen atoms in total. The van der Waals surface area contributed by atoms with Crippen LogP contribution in [0.2, 0.25) is 0 Å². The summed E-state index contributed by atoms with van der Waals surface area (Å²) in [5, 5.41) is 7.50. The normalized spacial score (nSPS) is 12.7. The minimum absolute atomic E-state index is 0.0613. The molecule has 0 saturated carbocycles. The molecule has 0 heterocycles. The molecule has 2 heteroatoms. The van der Waals surface area contributed by atoms with Crippen LogP contribution in [0.15, 0.2) is 121 Å². The van der Waals surface area contributed by atoms with Crippen LogP contribution in [-0.2, 0) is 0 Å². The third-order valence-corrected chi connectivity index (χ3v) is 4.84. The average Bonchev–Trinajstić information content (AvgIpc) is 2.79. The Balaban J connectivity index is 1.76. The van der Waals surface area contributed by atoms with Gasteiger partial charge in [-0.15, -0.1) is 0 Å². The molecule has 4 rings (SSSR count). The van der Waals surface area contributed by atoms with Crippen LogP contribution in [0.3, 0.4) is 0 Å². The Morgan fingerprint density at radius 2 is 0.643 bits per heavy atom. The van der Waals surface area contributed by atoms with E-state index in [1.165, 1.54) is 11.1 Å². The van der Waals surface area contributed by atoms with Crippen molar-refractivity contribution in [1.82, 2.24) is 0 Å². The highest BCUT2D eigenvalue weighted by Crippen LogP contribution is 2.35. The zero-order chi connectivity index (χ0) is 19.0. The van der Waals surface area contributed by atoms with Crippen molar-refractivity contribution < 1.29 is 0 Å². The van der Waals surface area contributed by atoms with Crippen LogP contribution in [0, 0.1) is 0 Å². The number of hydrogen-bond acceptors (Lipinski definition) is 2. The maximum absolute atomic E-state index is 3.75. The van der Waals surface area contributed by atoms with Crippen molar-refractivity contribution in [3.05, 3.63) is 132 Å². The Kier molecular flexibility index (Phi) is 5.69. The van der Waals surface area contributed by atoms with Crippen molar-refractivity contribution in [2.75, 3.05) is 10.6 Å². The van der Waals surface area contributed by atoms with Crippen LogP contribution >= 0.6 is 0 Å². The maximum atomic E-state index is 3.75. The fourth-order valence-electron chi connectivity index (χ4n) is 3.47. The molecule has 138 valence electrons. The number of anilines is 2. The van der Waals surface area contributed by atoms with Gasteiger partial charge in [0.15, 0.2) is 0 Å². The van der Waals surface area contributed by atoms with E-state index in [1.807, 2.05) is 12.1 Å². The third-order valence-electron chi connectivity index (χ3n) is 4.84. The van der Waals surface area contributed by atoms with E-state index >= 15 is 0 Å². The van der Waals surface area contributed by atoms with Crippen molar-refractivity contribution in [3.63, 3.8) is 0 Å². The van der Waals surface area contributed by atoms with Crippen LogP contribution < -0.4 is 10.6 Å². The lowest BCUT2D eigenvalue weighted by atomic mass is 9.92. The molecule has 0 aliphatic rings. The summed E-state index contributed by atoms with van der Waals surface area (Å²) in [6, 6.07) is 42.1. The van der Waals surface area contributed by atoms with E-state index in [9.17, 15) is 0 Å². The fourth-order valence-corrected chi connectivity index (χ4v) is 3.47. The highest BCUT2D eigenvalue weighted by Gasteiger charge is 2.25. The molecule has 0 saturated heterocycles. The van der Waals surface area contributed by atoms with E-state index in [4.69, 9.17) is 0 Å². The molecule has 4 aromatic carbocycles. The number of rotatable bonds is 7. The maximum Gasteiger partial charge on any atom is 0.0757 e. The Bertz CT molecular complexity index is 871. The molecule has 0 aliphatic carbocycles. The summed E-state index contributed by atoms with van der Waals surface area (Å²) in [6.45, 7) is 0. The molecule has 28 heavy (non-hydrogen) atoms. The number of nitrogens with one attached hydrogen (secondary N) is 2. The SMILES string of the molecule is c1ccc(N[C@@H](c2ccccc2)[C@@H](Nc2ccccc2)c2ccccc2)cc1. The highest BCUT2D eigenvalue weighted by atomic mass is 15.0. The van der Waals surface area contributed by atoms with Crippen molar-refractivity contribution in [3.8, 4) is 0 Å². The van der Waals surface area contributed by atoms with Gasteiger partial charge < -0.3 is 10.6 Å². The first-order valence-electron chi connectivity index (χ1n) is 9.63. The van der Waals surface area contributed by atoms with Crippen molar-refractivity contribution in [1.29, 1.82) is 0 Å². The fraction of sp³-hybridized carbons (Fsp3) is 0.0769. The molecule has 0 bridgehead atoms. The van der Waals surface area contributed by atoms with Gasteiger partial charge in [0.2, 0.25) is 0 Å². The monoisotopic (exact) mass is 364 g/mol. The van der Waals surface area contributed by atoms with Gasteiger partial charge in [-0.1, -0.05) is 97.1 Å². The predicted octanol–water partition coefficient (Wildman–Crippen LogP) is 6.69. The van der Waals surface area contributed by atoms with E-state index in [2.05, 4.69) is 120 Å². The van der Waals surface area contributed by atoms with Crippen molar-refractivity contribution >= 4 is 11.4 Å². The van der Waals surface area contributed by atoms with E-state index in [0.29, 0.717) is 0 Å². The van der Waals surface area contributed by atoms with Crippen LogP contribution in [-0.4, -0.2) is 0 Å². The second-order valence-electron chi connectivity index (χ2n) is 6.80. The van der Waals surface area contributed by atoms with Crippen molar-refractivity contribution in [2.45, 2.75) is 12.1 Å². The molecule has 4 aromatic rings. The number of para-hydroxylation sites is 2. The zero-order valence-electron chi connectivity index (χ0n) is 15.7. The summed E-state index contributed by atoms with van der Waals surface area (Å²) >= 11 is 0. The quantitative estimate of drug-likeness (QED) is 0.381. The molecule has 2 atom stereocenters. The van der Waals surface area contributed by atoms with E-state index < -0.39 is 0 Å². The highest BCUT2D eigenvalue weighted by molar-refractivity contribution is 5.51. The van der Waals surface area contributed by atoms with Gasteiger partial charge in [0, 0.05) is 11.4 Å². The zero-order valence-corrected chi connectivity index (χ0v) is 15.7. The smallest absolute Gasteiger partial charge is 0.0757 e. The molecule has 0 amide bonds. The Morgan fingerprint density at radius 3 is 0.964 bits per heavy atom. The summed E-state index contributed by atoms with van der Waals surface area (Å²) in [4.78, 5) is 0. The number of benzene rings is 4. The van der Waals surface area contributed by atoms with Gasteiger partial charge in [-0.05, 0) is 35.4 Å². The second-order valence-corrected chi connectivity index (χ2v) is 6.80. The molecule has 0 spiro atoms. The van der Waals surface area contributed by atoms with Gasteiger partial charge >= 0.3 is 0 Å². The summed E-state index contributed by atoms with van der Waals surface area (Å²) in [5.74, 6) is 0. The van der Waals surface area contributed by atoms with Crippen LogP contribution in [0.1, 0.15) is 23.2 Å². The number of hydrogen-bond donors (Lipinski definition) is 2. The molecular weight excluding hydrogens is 340 g/mol. The first kappa shape index (κ1) is 17.9. The Morgan fingerprint density at radius 1 is 0.357 bits per heavy atom. The van der Waals surface area contributed by atoms with E-state index in [0.717, 1.165) is 11.4 Å². The van der Waals surface area contributed by atoms with Crippen LogP contribution in [0.25, 0.3) is 0 Å². The third kappa shape index (κ3) is 4.41. The van der Waals surface area contributed by atoms with Gasteiger partial charge in [0.05, 0.1) is 12.1 Å². The minimum Gasteiger partial charge on any atom is -0.376 e. The topological polar surface area (TPSA) is 24.1 Å². The Hall–Kier alpha value is -3.52. The predicted molar refractivity (Wildman–Crippen MR) is 118 cm³/mol. The standard InChI is InChI=1S/C26H24N2/c1-5-13-21(14-6-1)25(27-23-17-9-3-10-18-23)26(22-15-7-2-8-16-22)28-24-19-11-4-12-20-24/h1-20,25-28H/t25-,26-/m0/s1. The molecule has 0 aliphatic heterocycles. The van der Waals surface area contributed by atoms with Crippen LogP contribution in [0.4, 0.5) is 11.4 Å². The van der Waals surface area contributed by atoms with Gasteiger partial charge in [0.25, 0.3) is 0 Å². The van der Waals surface area contributed by atoms with E-state index in [-0.39, 0.29) is 12.1 Å². The first-order valence-corrected chi connectivity index (χ1v) is 9.63. The summed E-state index contributed by atoms with van der Waals surface area (Å²) in [7, 11) is 0. The minimum atomic E-state index is 0.0613. The Labute approximate surface area is 166 Å². The van der Waals surface area contributed by atoms with Crippen LogP contribution in [0.5, 0.6) is 0 Å². The molecule has 0 radical (unpaired) electrons. The molecule has 0 fully saturated rings. The molecule has 2 N–H and O–H groups in total. The lowest BCUT2D eigenvalue weighted by Crippen LogP contribution is -2.25. The van der Waals surface area contributed by atoms with Gasteiger partial charge in [-0.3, -0.25) is 0 Å². The lowest BCUT2D eigenvalue weighted by molar-refractivity contribution is 0.650. The summed E-state index contributed by atoms with van der Waals surface area (Å²) in [6.07, 6.45) is 0. The average molecular weight is 364 g/mol. The summed E-state index contributed by atoms with van der Waals surface area (Å²) < 4.78 is 0. The van der Waals surface area contributed by atoms with Gasteiger partial charge in [0.1, 0.15) is 0 Å². The molecule has 0 aromatic heterocycles. The second kappa shape index (κ2) is 8.92. The van der Waals surface area contributed by atoms with Crippen molar-refractivity contribution in [2.24, 2.45) is 0 Å². The van der Waals surface area contributed by atoms with Gasteiger partial charge in [-0.25, -0.2) is 0 Å². The molecular formula is C26H24N2. The largest absolute Gasteiger partial charge is 0.376 e. The molecule has 0 unspecified atom stereocenters. The van der Waals surface area contributed by atoms with Gasteiger partial charge in [-0.2, -0.15) is 0 Å². The lowest BCUT2D eigenvalue weighted by Gasteiger charge is -2.31. The first-order chi connectivity index (χ1) is 13.9. The summed E-state index contributed by atoms with van der Waals surface area (Å²) in [5.41, 5.74) is 4.69.